The highest BCUT2D eigenvalue weighted by Crippen LogP contribution is 2.26. The number of rotatable bonds is 3. The number of carboxylic acid groups (broad SMARTS) is 1. The molecule has 1 aromatic heterocycles. The first-order chi connectivity index (χ1) is 9.81. The first-order valence-corrected chi connectivity index (χ1v) is 7.23. The molecule has 21 heavy (non-hydrogen) atoms. The summed E-state index contributed by atoms with van der Waals surface area (Å²) in [6.07, 6.45) is 1.42. The number of aliphatic carboxylic acids is 1. The Morgan fingerprint density at radius 3 is 2.62 bits per heavy atom. The maximum atomic E-state index is 12.5. The van der Waals surface area contributed by atoms with Crippen LogP contribution in [0.15, 0.2) is 6.20 Å². The SMILES string of the molecule is CC(C)c1ncc(Cl)c(C(=O)N2C[C@@H](C)[C@H](C(=O)O)C2)n1. The molecule has 1 aliphatic heterocycles. The van der Waals surface area contributed by atoms with Crippen molar-refractivity contribution >= 4 is 23.5 Å². The van der Waals surface area contributed by atoms with Gasteiger partial charge in [-0.25, -0.2) is 9.97 Å². The topological polar surface area (TPSA) is 83.4 Å². The van der Waals surface area contributed by atoms with Crippen molar-refractivity contribution < 1.29 is 14.7 Å². The van der Waals surface area contributed by atoms with E-state index in [2.05, 4.69) is 9.97 Å². The average Bonchev–Trinajstić information content (AvgIpc) is 2.80. The minimum Gasteiger partial charge on any atom is -0.481 e. The van der Waals surface area contributed by atoms with Gasteiger partial charge in [0.25, 0.3) is 5.91 Å². The Morgan fingerprint density at radius 2 is 2.10 bits per heavy atom. The zero-order valence-electron chi connectivity index (χ0n) is 12.2. The van der Waals surface area contributed by atoms with E-state index in [1.54, 1.807) is 0 Å². The standard InChI is InChI=1S/C14H18ClN3O3/c1-7(2)12-16-4-10(15)11(17-12)13(19)18-5-8(3)9(6-18)14(20)21/h4,7-9H,5-6H2,1-3H3,(H,20,21)/t8-,9-/m1/s1. The predicted octanol–water partition coefficient (Wildman–Crippen LogP) is 2.05. The van der Waals surface area contributed by atoms with Crippen molar-refractivity contribution in [2.45, 2.75) is 26.7 Å². The molecule has 1 N–H and O–H groups in total. The molecule has 2 atom stereocenters. The van der Waals surface area contributed by atoms with E-state index in [0.717, 1.165) is 0 Å². The fourth-order valence-corrected chi connectivity index (χ4v) is 2.58. The summed E-state index contributed by atoms with van der Waals surface area (Å²) in [5.41, 5.74) is 0.147. The third kappa shape index (κ3) is 3.15. The normalized spacial score (nSPS) is 21.9. The van der Waals surface area contributed by atoms with Gasteiger partial charge in [-0.15, -0.1) is 0 Å². The van der Waals surface area contributed by atoms with Gasteiger partial charge in [0.2, 0.25) is 0 Å². The highest BCUT2D eigenvalue weighted by Gasteiger charge is 2.38. The summed E-state index contributed by atoms with van der Waals surface area (Å²) < 4.78 is 0. The van der Waals surface area contributed by atoms with Gasteiger partial charge in [-0.05, 0) is 5.92 Å². The minimum absolute atomic E-state index is 0.0816. The van der Waals surface area contributed by atoms with Crippen molar-refractivity contribution in [1.29, 1.82) is 0 Å². The molecule has 0 aromatic carbocycles. The third-order valence-corrected chi connectivity index (χ3v) is 3.98. The van der Waals surface area contributed by atoms with Crippen LogP contribution in [0.25, 0.3) is 0 Å². The fourth-order valence-electron chi connectivity index (χ4n) is 2.41. The highest BCUT2D eigenvalue weighted by atomic mass is 35.5. The Hall–Kier alpha value is -1.69. The lowest BCUT2D eigenvalue weighted by molar-refractivity contribution is -0.142. The molecule has 114 valence electrons. The molecule has 1 saturated heterocycles. The second-order valence-corrected chi connectivity index (χ2v) is 6.12. The Morgan fingerprint density at radius 1 is 1.43 bits per heavy atom. The molecular weight excluding hydrogens is 294 g/mol. The molecule has 2 heterocycles. The van der Waals surface area contributed by atoms with E-state index in [1.807, 2.05) is 20.8 Å². The van der Waals surface area contributed by atoms with Crippen LogP contribution in [0, 0.1) is 11.8 Å². The van der Waals surface area contributed by atoms with Crippen LogP contribution >= 0.6 is 11.6 Å². The number of aromatic nitrogens is 2. The molecule has 6 nitrogen and oxygen atoms in total. The van der Waals surface area contributed by atoms with E-state index >= 15 is 0 Å². The second kappa shape index (κ2) is 5.97. The average molecular weight is 312 g/mol. The second-order valence-electron chi connectivity index (χ2n) is 5.71. The van der Waals surface area contributed by atoms with Gasteiger partial charge in [-0.3, -0.25) is 9.59 Å². The lowest BCUT2D eigenvalue weighted by atomic mass is 9.99. The molecular formula is C14H18ClN3O3. The lowest BCUT2D eigenvalue weighted by Gasteiger charge is -2.16. The monoisotopic (exact) mass is 311 g/mol. The first kappa shape index (κ1) is 15.7. The van der Waals surface area contributed by atoms with Crippen molar-refractivity contribution in [3.8, 4) is 0 Å². The fraction of sp³-hybridized carbons (Fsp3) is 0.571. The summed E-state index contributed by atoms with van der Waals surface area (Å²) >= 11 is 6.02. The number of carbonyl (C=O) groups excluding carboxylic acids is 1. The molecule has 0 spiro atoms. The molecule has 1 fully saturated rings. The van der Waals surface area contributed by atoms with Gasteiger partial charge < -0.3 is 10.0 Å². The molecule has 0 bridgehead atoms. The Labute approximate surface area is 128 Å². The van der Waals surface area contributed by atoms with Crippen LogP contribution in [0.3, 0.4) is 0 Å². The Balaban J connectivity index is 2.25. The van der Waals surface area contributed by atoms with Crippen LogP contribution in [0.1, 0.15) is 43.0 Å². The van der Waals surface area contributed by atoms with Gasteiger partial charge in [-0.2, -0.15) is 0 Å². The van der Waals surface area contributed by atoms with Gasteiger partial charge >= 0.3 is 5.97 Å². The summed E-state index contributed by atoms with van der Waals surface area (Å²) in [6.45, 7) is 6.26. The number of carbonyl (C=O) groups is 2. The minimum atomic E-state index is -0.880. The molecule has 7 heteroatoms. The molecule has 0 saturated carbocycles. The van der Waals surface area contributed by atoms with Crippen LogP contribution in [-0.2, 0) is 4.79 Å². The van der Waals surface area contributed by atoms with Crippen molar-refractivity contribution in [2.75, 3.05) is 13.1 Å². The molecule has 1 aromatic rings. The zero-order valence-corrected chi connectivity index (χ0v) is 13.0. The molecule has 1 aliphatic rings. The van der Waals surface area contributed by atoms with Gasteiger partial charge in [0.05, 0.1) is 17.1 Å². The summed E-state index contributed by atoms with van der Waals surface area (Å²) in [4.78, 5) is 33.5. The summed E-state index contributed by atoms with van der Waals surface area (Å²) in [5.74, 6) is -1.21. The maximum absolute atomic E-state index is 12.5. The van der Waals surface area contributed by atoms with Crippen LogP contribution in [-0.4, -0.2) is 44.9 Å². The van der Waals surface area contributed by atoms with E-state index in [0.29, 0.717) is 12.4 Å². The lowest BCUT2D eigenvalue weighted by Crippen LogP contribution is -2.31. The molecule has 1 amide bonds. The number of nitrogens with zero attached hydrogens (tertiary/aromatic N) is 3. The van der Waals surface area contributed by atoms with E-state index in [9.17, 15) is 9.59 Å². The Bertz CT molecular complexity index is 577. The number of halogens is 1. The predicted molar refractivity (Wildman–Crippen MR) is 77.3 cm³/mol. The molecule has 0 unspecified atom stereocenters. The van der Waals surface area contributed by atoms with Crippen molar-refractivity contribution in [3.05, 3.63) is 22.7 Å². The summed E-state index contributed by atoms with van der Waals surface area (Å²) in [5, 5.41) is 9.33. The number of hydrogen-bond donors (Lipinski definition) is 1. The Kier molecular flexibility index (Phi) is 4.46. The zero-order chi connectivity index (χ0) is 15.7. The van der Waals surface area contributed by atoms with Crippen LogP contribution < -0.4 is 0 Å². The summed E-state index contributed by atoms with van der Waals surface area (Å²) in [6, 6.07) is 0. The van der Waals surface area contributed by atoms with Gasteiger partial charge in [-0.1, -0.05) is 32.4 Å². The number of hydrogen-bond acceptors (Lipinski definition) is 4. The largest absolute Gasteiger partial charge is 0.481 e. The number of carboxylic acids is 1. The highest BCUT2D eigenvalue weighted by molar-refractivity contribution is 6.33. The molecule has 0 radical (unpaired) electrons. The third-order valence-electron chi connectivity index (χ3n) is 3.70. The first-order valence-electron chi connectivity index (χ1n) is 6.85. The number of likely N-dealkylation sites (tertiary alicyclic amines) is 1. The van der Waals surface area contributed by atoms with Crippen LogP contribution in [0.5, 0.6) is 0 Å². The van der Waals surface area contributed by atoms with Gasteiger partial charge in [0.1, 0.15) is 5.82 Å². The molecule has 0 aliphatic carbocycles. The van der Waals surface area contributed by atoms with Crippen LogP contribution in [0.2, 0.25) is 5.02 Å². The van der Waals surface area contributed by atoms with E-state index in [1.165, 1.54) is 11.1 Å². The maximum Gasteiger partial charge on any atom is 0.308 e. The van der Waals surface area contributed by atoms with E-state index in [4.69, 9.17) is 16.7 Å². The van der Waals surface area contributed by atoms with Crippen molar-refractivity contribution in [2.24, 2.45) is 11.8 Å². The van der Waals surface area contributed by atoms with E-state index in [-0.39, 0.29) is 35.0 Å². The van der Waals surface area contributed by atoms with Crippen LogP contribution in [0.4, 0.5) is 0 Å². The van der Waals surface area contributed by atoms with E-state index < -0.39 is 11.9 Å². The van der Waals surface area contributed by atoms with Gasteiger partial charge in [0, 0.05) is 19.0 Å². The van der Waals surface area contributed by atoms with Crippen molar-refractivity contribution in [1.82, 2.24) is 14.9 Å². The van der Waals surface area contributed by atoms with Gasteiger partial charge in [0.15, 0.2) is 5.69 Å². The molecule has 2 rings (SSSR count). The van der Waals surface area contributed by atoms with Crippen molar-refractivity contribution in [3.63, 3.8) is 0 Å². The number of amides is 1. The smallest absolute Gasteiger partial charge is 0.308 e. The summed E-state index contributed by atoms with van der Waals surface area (Å²) in [7, 11) is 0. The quantitative estimate of drug-likeness (QED) is 0.923.